The Labute approximate surface area is 164 Å². The molecule has 2 heterocycles. The Morgan fingerprint density at radius 2 is 1.83 bits per heavy atom. The van der Waals surface area contributed by atoms with Gasteiger partial charge in [0.05, 0.1) is 9.58 Å². The molecule has 0 aromatic carbocycles. The molecule has 0 aliphatic carbocycles. The van der Waals surface area contributed by atoms with Crippen LogP contribution in [0.25, 0.3) is 9.53 Å². The number of hydrogen-bond acceptors (Lipinski definition) is 6. The fourth-order valence-electron chi connectivity index (χ4n) is 2.12. The third-order valence-corrected chi connectivity index (χ3v) is 5.57. The molecule has 0 unspecified atom stereocenters. The van der Waals surface area contributed by atoms with Gasteiger partial charge in [-0.1, -0.05) is 18.3 Å². The lowest BCUT2D eigenvalue weighted by molar-refractivity contribution is 0.0958. The highest BCUT2D eigenvalue weighted by atomic mass is 35.5. The minimum atomic E-state index is -0.00196. The van der Waals surface area contributed by atoms with Crippen molar-refractivity contribution in [1.29, 1.82) is 0 Å². The van der Waals surface area contributed by atoms with Gasteiger partial charge >= 0.3 is 0 Å². The Hall–Kier alpha value is -0.600. The van der Waals surface area contributed by atoms with Crippen molar-refractivity contribution in [3.63, 3.8) is 0 Å². The van der Waals surface area contributed by atoms with Crippen molar-refractivity contribution in [2.45, 2.75) is 27.2 Å². The number of rotatable bonds is 9. The van der Waals surface area contributed by atoms with E-state index in [1.54, 1.807) is 11.3 Å². The number of fused-ring (bicyclic) bond motifs is 1. The van der Waals surface area contributed by atoms with Crippen molar-refractivity contribution < 1.29 is 4.79 Å². The molecule has 0 saturated heterocycles. The molecule has 1 amide bonds. The van der Waals surface area contributed by atoms with E-state index >= 15 is 0 Å². The zero-order chi connectivity index (χ0) is 15.9. The summed E-state index contributed by atoms with van der Waals surface area (Å²) < 4.78 is 1.10. The molecule has 0 atom stereocenters. The van der Waals surface area contributed by atoms with Crippen LogP contribution in [-0.4, -0.2) is 43.6 Å². The minimum Gasteiger partial charge on any atom is -0.350 e. The molecule has 0 fully saturated rings. The van der Waals surface area contributed by atoms with Gasteiger partial charge in [0.1, 0.15) is 4.83 Å². The lowest BCUT2D eigenvalue weighted by Crippen LogP contribution is -2.31. The van der Waals surface area contributed by atoms with Crippen LogP contribution in [0, 0.1) is 0 Å². The Bertz CT molecular complexity index is 582. The second-order valence-electron chi connectivity index (χ2n) is 4.95. The maximum absolute atomic E-state index is 12.1. The Morgan fingerprint density at radius 1 is 1.12 bits per heavy atom. The summed E-state index contributed by atoms with van der Waals surface area (Å²) in [5.41, 5.74) is 0. The van der Waals surface area contributed by atoms with E-state index in [4.69, 9.17) is 0 Å². The number of anilines is 1. The predicted molar refractivity (Wildman–Crippen MR) is 111 cm³/mol. The number of carbonyl (C=O) groups excluding carboxylic acids is 1. The molecular formula is C15H26Cl2N4OS2. The zero-order valence-corrected chi connectivity index (χ0v) is 17.5. The van der Waals surface area contributed by atoms with E-state index in [2.05, 4.69) is 41.3 Å². The number of carbonyl (C=O) groups is 1. The smallest absolute Gasteiger partial charge is 0.261 e. The molecule has 9 heteroatoms. The van der Waals surface area contributed by atoms with Gasteiger partial charge in [-0.25, -0.2) is 4.98 Å². The third-order valence-electron chi connectivity index (χ3n) is 3.35. The first-order valence-electron chi connectivity index (χ1n) is 7.83. The fraction of sp³-hybridized carbons (Fsp3) is 0.600. The highest BCUT2D eigenvalue weighted by Crippen LogP contribution is 2.34. The Morgan fingerprint density at radius 3 is 2.42 bits per heavy atom. The average Bonchev–Trinajstić information content (AvgIpc) is 3.07. The number of aromatic nitrogens is 1. The largest absolute Gasteiger partial charge is 0.350 e. The molecule has 2 aromatic heterocycles. The molecule has 0 aliphatic rings. The third kappa shape index (κ3) is 6.04. The summed E-state index contributed by atoms with van der Waals surface area (Å²) >= 11 is 3.13. The summed E-state index contributed by atoms with van der Waals surface area (Å²) in [6, 6.07) is 1.96. The summed E-state index contributed by atoms with van der Waals surface area (Å²) in [6.45, 7) is 10.7. The van der Waals surface area contributed by atoms with E-state index in [-0.39, 0.29) is 30.7 Å². The molecule has 2 aromatic rings. The summed E-state index contributed by atoms with van der Waals surface area (Å²) in [5.74, 6) is -0.00196. The van der Waals surface area contributed by atoms with Gasteiger partial charge in [-0.3, -0.25) is 4.79 Å². The number of halogens is 2. The lowest BCUT2D eigenvalue weighted by Gasteiger charge is -2.16. The van der Waals surface area contributed by atoms with Crippen LogP contribution in [0.2, 0.25) is 0 Å². The van der Waals surface area contributed by atoms with Gasteiger partial charge in [-0.2, -0.15) is 0 Å². The molecule has 0 bridgehead atoms. The van der Waals surface area contributed by atoms with Crippen LogP contribution in [-0.2, 0) is 0 Å². The molecule has 138 valence electrons. The van der Waals surface area contributed by atoms with Gasteiger partial charge in [0, 0.05) is 26.2 Å². The molecule has 0 saturated carbocycles. The summed E-state index contributed by atoms with van der Waals surface area (Å²) in [4.78, 5) is 20.7. The molecule has 2 N–H and O–H groups in total. The molecule has 24 heavy (non-hydrogen) atoms. The maximum Gasteiger partial charge on any atom is 0.261 e. The van der Waals surface area contributed by atoms with Crippen LogP contribution < -0.4 is 15.5 Å². The lowest BCUT2D eigenvalue weighted by atomic mass is 10.4. The molecule has 2 rings (SSSR count). The van der Waals surface area contributed by atoms with E-state index in [1.807, 2.05) is 6.07 Å². The van der Waals surface area contributed by atoms with Crippen LogP contribution in [0.1, 0.15) is 36.9 Å². The van der Waals surface area contributed by atoms with Gasteiger partial charge < -0.3 is 15.5 Å². The van der Waals surface area contributed by atoms with E-state index in [0.717, 1.165) is 52.1 Å². The first kappa shape index (κ1) is 23.4. The number of nitrogens with zero attached hydrogens (tertiary/aromatic N) is 2. The average molecular weight is 413 g/mol. The topological polar surface area (TPSA) is 57.3 Å². The minimum absolute atomic E-state index is 0. The van der Waals surface area contributed by atoms with E-state index in [0.29, 0.717) is 6.54 Å². The number of thiazole rings is 1. The van der Waals surface area contributed by atoms with E-state index in [1.165, 1.54) is 11.3 Å². The van der Waals surface area contributed by atoms with Gasteiger partial charge in [-0.05, 0) is 32.9 Å². The second-order valence-corrected chi connectivity index (χ2v) is 6.99. The van der Waals surface area contributed by atoms with Crippen molar-refractivity contribution in [3.8, 4) is 0 Å². The number of nitrogens with one attached hydrogen (secondary N) is 2. The first-order chi connectivity index (χ1) is 10.7. The Kier molecular flexibility index (Phi) is 11.6. The van der Waals surface area contributed by atoms with Gasteiger partial charge in [-0.15, -0.1) is 36.2 Å². The first-order valence-corrected chi connectivity index (χ1v) is 9.47. The summed E-state index contributed by atoms with van der Waals surface area (Å²) in [7, 11) is 0. The van der Waals surface area contributed by atoms with Crippen LogP contribution in [0.5, 0.6) is 0 Å². The number of thiophene rings is 1. The van der Waals surface area contributed by atoms with E-state index in [9.17, 15) is 4.79 Å². The van der Waals surface area contributed by atoms with Crippen molar-refractivity contribution in [2.75, 3.05) is 37.6 Å². The Balaban J connectivity index is 0.00000264. The standard InChI is InChI=1S/C15H24N4OS2.2ClH/c1-4-7-16-8-9-17-13(20)11-10-12-14(21-11)18-15(22-12)19(5-2)6-3;;/h10,16H,4-9H2,1-3H3,(H,17,20);2*1H. The number of amides is 1. The summed E-state index contributed by atoms with van der Waals surface area (Å²) in [5, 5.41) is 7.26. The van der Waals surface area contributed by atoms with Crippen LogP contribution in [0.4, 0.5) is 5.13 Å². The van der Waals surface area contributed by atoms with Crippen molar-refractivity contribution in [3.05, 3.63) is 10.9 Å². The monoisotopic (exact) mass is 412 g/mol. The summed E-state index contributed by atoms with van der Waals surface area (Å²) in [6.07, 6.45) is 1.11. The van der Waals surface area contributed by atoms with Crippen LogP contribution >= 0.6 is 47.5 Å². The van der Waals surface area contributed by atoms with Gasteiger partial charge in [0.15, 0.2) is 5.13 Å². The predicted octanol–water partition coefficient (Wildman–Crippen LogP) is 3.78. The molecule has 0 radical (unpaired) electrons. The molecule has 0 aliphatic heterocycles. The van der Waals surface area contributed by atoms with Crippen LogP contribution in [0.3, 0.4) is 0 Å². The second kappa shape index (κ2) is 11.9. The molecular weight excluding hydrogens is 387 g/mol. The molecule has 5 nitrogen and oxygen atoms in total. The van der Waals surface area contributed by atoms with Gasteiger partial charge in [0.2, 0.25) is 0 Å². The SMILES string of the molecule is CCCNCCNC(=O)c1cc2sc(N(CC)CC)nc2s1.Cl.Cl. The fourth-order valence-corrected chi connectivity index (χ4v) is 4.37. The van der Waals surface area contributed by atoms with Crippen molar-refractivity contribution in [2.24, 2.45) is 0 Å². The highest BCUT2D eigenvalue weighted by Gasteiger charge is 2.15. The normalized spacial score (nSPS) is 10.1. The van der Waals surface area contributed by atoms with Crippen molar-refractivity contribution >= 4 is 68.1 Å². The maximum atomic E-state index is 12.1. The van der Waals surface area contributed by atoms with E-state index < -0.39 is 0 Å². The molecule has 0 spiro atoms. The van der Waals surface area contributed by atoms with Crippen molar-refractivity contribution in [1.82, 2.24) is 15.6 Å². The quantitative estimate of drug-likeness (QED) is 0.615. The number of hydrogen-bond donors (Lipinski definition) is 2. The zero-order valence-electron chi connectivity index (χ0n) is 14.3. The highest BCUT2D eigenvalue weighted by molar-refractivity contribution is 7.29. The van der Waals surface area contributed by atoms with Crippen LogP contribution in [0.15, 0.2) is 6.07 Å². The van der Waals surface area contributed by atoms with Gasteiger partial charge in [0.25, 0.3) is 5.91 Å².